The van der Waals surface area contributed by atoms with Crippen molar-refractivity contribution in [1.29, 1.82) is 0 Å². The Morgan fingerprint density at radius 1 is 0.950 bits per heavy atom. The predicted octanol–water partition coefficient (Wildman–Crippen LogP) is 3.72. The number of nitrogens with one attached hydrogen (secondary N) is 1. The van der Waals surface area contributed by atoms with Gasteiger partial charge >= 0.3 is 0 Å². The van der Waals surface area contributed by atoms with E-state index in [1.807, 2.05) is 7.05 Å². The zero-order valence-electron chi connectivity index (χ0n) is 12.1. The average Bonchev–Trinajstić information content (AvgIpc) is 2.85. The van der Waals surface area contributed by atoms with E-state index in [0.29, 0.717) is 0 Å². The van der Waals surface area contributed by atoms with Crippen molar-refractivity contribution >= 4 is 10.9 Å². The van der Waals surface area contributed by atoms with E-state index in [1.54, 1.807) is 0 Å². The molecule has 0 aliphatic heterocycles. The van der Waals surface area contributed by atoms with Crippen LogP contribution in [0.5, 0.6) is 0 Å². The van der Waals surface area contributed by atoms with Gasteiger partial charge in [0.15, 0.2) is 0 Å². The molecule has 0 saturated carbocycles. The molecule has 1 heterocycles. The van der Waals surface area contributed by atoms with E-state index in [2.05, 4.69) is 71.5 Å². The van der Waals surface area contributed by atoms with E-state index in [9.17, 15) is 0 Å². The second-order valence-corrected chi connectivity index (χ2v) is 5.35. The van der Waals surface area contributed by atoms with E-state index in [4.69, 9.17) is 0 Å². The Labute approximate surface area is 120 Å². The maximum Gasteiger partial charge on any atom is 0.0486 e. The first kappa shape index (κ1) is 12.9. The van der Waals surface area contributed by atoms with Crippen molar-refractivity contribution in [2.45, 2.75) is 20.0 Å². The number of rotatable bonds is 4. The molecule has 1 N–H and O–H groups in total. The normalized spacial score (nSPS) is 11.1. The Bertz CT molecular complexity index is 708. The van der Waals surface area contributed by atoms with Crippen molar-refractivity contribution in [2.24, 2.45) is 0 Å². The highest BCUT2D eigenvalue weighted by Gasteiger charge is 2.03. The van der Waals surface area contributed by atoms with Crippen LogP contribution >= 0.6 is 0 Å². The first-order valence-electron chi connectivity index (χ1n) is 7.04. The van der Waals surface area contributed by atoms with Crippen LogP contribution in [0.25, 0.3) is 10.9 Å². The Kier molecular flexibility index (Phi) is 3.57. The summed E-state index contributed by atoms with van der Waals surface area (Å²) in [5.41, 5.74) is 5.27. The summed E-state index contributed by atoms with van der Waals surface area (Å²) in [6.07, 6.45) is 2.17. The third-order valence-corrected chi connectivity index (χ3v) is 3.69. The quantitative estimate of drug-likeness (QED) is 0.760. The van der Waals surface area contributed by atoms with E-state index >= 15 is 0 Å². The van der Waals surface area contributed by atoms with Gasteiger partial charge in [-0.1, -0.05) is 42.0 Å². The van der Waals surface area contributed by atoms with Gasteiger partial charge in [0.1, 0.15) is 0 Å². The van der Waals surface area contributed by atoms with Gasteiger partial charge in [-0.3, -0.25) is 0 Å². The molecule has 0 amide bonds. The average molecular weight is 264 g/mol. The molecule has 2 nitrogen and oxygen atoms in total. The van der Waals surface area contributed by atoms with Crippen molar-refractivity contribution in [1.82, 2.24) is 9.88 Å². The molecular formula is C18H20N2. The fraction of sp³-hybridized carbons (Fsp3) is 0.222. The molecule has 0 aliphatic rings. The van der Waals surface area contributed by atoms with Crippen molar-refractivity contribution in [3.8, 4) is 0 Å². The Balaban J connectivity index is 1.94. The summed E-state index contributed by atoms with van der Waals surface area (Å²) in [5, 5.41) is 4.51. The van der Waals surface area contributed by atoms with Gasteiger partial charge in [-0.25, -0.2) is 0 Å². The van der Waals surface area contributed by atoms with Crippen molar-refractivity contribution in [3.05, 3.63) is 71.4 Å². The second kappa shape index (κ2) is 5.51. The maximum atomic E-state index is 3.21. The van der Waals surface area contributed by atoms with Crippen LogP contribution < -0.4 is 5.32 Å². The zero-order chi connectivity index (χ0) is 13.9. The van der Waals surface area contributed by atoms with Crippen molar-refractivity contribution < 1.29 is 0 Å². The van der Waals surface area contributed by atoms with Crippen LogP contribution in [0.15, 0.2) is 54.7 Å². The van der Waals surface area contributed by atoms with Crippen molar-refractivity contribution in [2.75, 3.05) is 7.05 Å². The minimum atomic E-state index is 0.908. The standard InChI is InChI=1S/C18H20N2/c1-14-3-5-15(6-4-14)13-20-10-9-17-8-7-16(12-19-2)11-18(17)20/h3-11,19H,12-13H2,1-2H3. The monoisotopic (exact) mass is 264 g/mol. The molecule has 0 atom stereocenters. The van der Waals surface area contributed by atoms with Gasteiger partial charge in [-0.2, -0.15) is 0 Å². The van der Waals surface area contributed by atoms with E-state index < -0.39 is 0 Å². The molecule has 2 heteroatoms. The van der Waals surface area contributed by atoms with Gasteiger partial charge in [-0.05, 0) is 42.6 Å². The molecule has 1 aromatic heterocycles. The highest BCUT2D eigenvalue weighted by atomic mass is 14.9. The summed E-state index contributed by atoms with van der Waals surface area (Å²) >= 11 is 0. The van der Waals surface area contributed by atoms with Gasteiger partial charge in [0.2, 0.25) is 0 Å². The first-order valence-corrected chi connectivity index (χ1v) is 7.04. The number of hydrogen-bond donors (Lipinski definition) is 1. The Morgan fingerprint density at radius 3 is 2.45 bits per heavy atom. The summed E-state index contributed by atoms with van der Waals surface area (Å²) in [6, 6.07) is 17.6. The summed E-state index contributed by atoms with van der Waals surface area (Å²) in [6.45, 7) is 3.96. The topological polar surface area (TPSA) is 17.0 Å². The van der Waals surface area contributed by atoms with Crippen LogP contribution in [-0.4, -0.2) is 11.6 Å². The van der Waals surface area contributed by atoms with Crippen LogP contribution in [-0.2, 0) is 13.1 Å². The minimum absolute atomic E-state index is 0.908. The number of fused-ring (bicyclic) bond motifs is 1. The summed E-state index contributed by atoms with van der Waals surface area (Å²) in [5.74, 6) is 0. The van der Waals surface area contributed by atoms with Gasteiger partial charge in [0.25, 0.3) is 0 Å². The second-order valence-electron chi connectivity index (χ2n) is 5.35. The van der Waals surface area contributed by atoms with Gasteiger partial charge in [0.05, 0.1) is 0 Å². The smallest absolute Gasteiger partial charge is 0.0486 e. The molecule has 0 spiro atoms. The van der Waals surface area contributed by atoms with E-state index in [1.165, 1.54) is 27.6 Å². The summed E-state index contributed by atoms with van der Waals surface area (Å²) < 4.78 is 2.32. The number of hydrogen-bond acceptors (Lipinski definition) is 1. The molecule has 0 saturated heterocycles. The largest absolute Gasteiger partial charge is 0.343 e. The fourth-order valence-corrected chi connectivity index (χ4v) is 2.57. The molecule has 20 heavy (non-hydrogen) atoms. The fourth-order valence-electron chi connectivity index (χ4n) is 2.57. The molecule has 3 rings (SSSR count). The highest BCUT2D eigenvalue weighted by molar-refractivity contribution is 5.81. The van der Waals surface area contributed by atoms with Crippen LogP contribution in [0.4, 0.5) is 0 Å². The molecule has 0 unspecified atom stereocenters. The van der Waals surface area contributed by atoms with Crippen LogP contribution in [0.3, 0.4) is 0 Å². The number of nitrogens with zero attached hydrogens (tertiary/aromatic N) is 1. The lowest BCUT2D eigenvalue weighted by Gasteiger charge is -2.08. The molecule has 0 radical (unpaired) electrons. The summed E-state index contributed by atoms with van der Waals surface area (Å²) in [7, 11) is 1.98. The highest BCUT2D eigenvalue weighted by Crippen LogP contribution is 2.19. The third kappa shape index (κ3) is 2.61. The molecular weight excluding hydrogens is 244 g/mol. The number of aromatic nitrogens is 1. The SMILES string of the molecule is CNCc1ccc2ccn(Cc3ccc(C)cc3)c2c1. The van der Waals surface area contributed by atoms with Gasteiger partial charge < -0.3 is 9.88 Å². The Morgan fingerprint density at radius 2 is 1.70 bits per heavy atom. The first-order chi connectivity index (χ1) is 9.76. The van der Waals surface area contributed by atoms with Crippen LogP contribution in [0.1, 0.15) is 16.7 Å². The number of benzene rings is 2. The molecule has 0 fully saturated rings. The molecule has 0 aliphatic carbocycles. The van der Waals surface area contributed by atoms with E-state index in [-0.39, 0.29) is 0 Å². The van der Waals surface area contributed by atoms with Crippen LogP contribution in [0, 0.1) is 6.92 Å². The lowest BCUT2D eigenvalue weighted by Crippen LogP contribution is -2.05. The lowest BCUT2D eigenvalue weighted by atomic mass is 10.1. The molecule has 3 aromatic rings. The molecule has 0 bridgehead atoms. The summed E-state index contributed by atoms with van der Waals surface area (Å²) in [4.78, 5) is 0. The molecule has 2 aromatic carbocycles. The third-order valence-electron chi connectivity index (χ3n) is 3.69. The van der Waals surface area contributed by atoms with Crippen molar-refractivity contribution in [3.63, 3.8) is 0 Å². The lowest BCUT2D eigenvalue weighted by molar-refractivity contribution is 0.812. The predicted molar refractivity (Wildman–Crippen MR) is 85.0 cm³/mol. The van der Waals surface area contributed by atoms with Gasteiger partial charge in [-0.15, -0.1) is 0 Å². The van der Waals surface area contributed by atoms with Gasteiger partial charge in [0, 0.05) is 24.8 Å². The minimum Gasteiger partial charge on any atom is -0.343 e. The zero-order valence-corrected chi connectivity index (χ0v) is 12.1. The maximum absolute atomic E-state index is 3.21. The number of aryl methyl sites for hydroxylation is 1. The molecule has 102 valence electrons. The van der Waals surface area contributed by atoms with E-state index in [0.717, 1.165) is 13.1 Å². The Hall–Kier alpha value is -2.06. The van der Waals surface area contributed by atoms with Crippen LogP contribution in [0.2, 0.25) is 0 Å².